The van der Waals surface area contributed by atoms with Crippen LogP contribution in [-0.4, -0.2) is 29.8 Å². The summed E-state index contributed by atoms with van der Waals surface area (Å²) in [5, 5.41) is 0. The van der Waals surface area contributed by atoms with Crippen LogP contribution in [0.25, 0.3) is 0 Å². The zero-order valence-corrected chi connectivity index (χ0v) is 11.7. The van der Waals surface area contributed by atoms with Crippen LogP contribution in [0.3, 0.4) is 0 Å². The van der Waals surface area contributed by atoms with Gasteiger partial charge in [-0.25, -0.2) is 4.39 Å². The third-order valence-corrected chi connectivity index (χ3v) is 5.70. The fraction of sp³-hybridized carbons (Fsp3) is 0.588. The molecule has 3 heteroatoms. The van der Waals surface area contributed by atoms with E-state index in [1.165, 1.54) is 25.3 Å². The molecule has 2 nitrogen and oxygen atoms in total. The first kappa shape index (κ1) is 12.5. The van der Waals surface area contributed by atoms with Crippen molar-refractivity contribution in [2.75, 3.05) is 13.1 Å². The Morgan fingerprint density at radius 1 is 1.20 bits per heavy atom. The first-order valence-corrected chi connectivity index (χ1v) is 7.75. The summed E-state index contributed by atoms with van der Waals surface area (Å²) >= 11 is 0. The Kier molecular flexibility index (Phi) is 2.75. The normalized spacial score (nSPS) is 25.8. The van der Waals surface area contributed by atoms with E-state index in [-0.39, 0.29) is 17.0 Å². The van der Waals surface area contributed by atoms with Crippen LogP contribution in [0.2, 0.25) is 0 Å². The molecule has 4 rings (SSSR count). The molecule has 3 aliphatic rings. The number of hydrogen-bond acceptors (Lipinski definition) is 2. The summed E-state index contributed by atoms with van der Waals surface area (Å²) in [5.41, 5.74) is 1.67. The average molecular weight is 273 g/mol. The third kappa shape index (κ3) is 1.76. The summed E-state index contributed by atoms with van der Waals surface area (Å²) in [6.45, 7) is 2.13. The van der Waals surface area contributed by atoms with Gasteiger partial charge in [-0.2, -0.15) is 0 Å². The molecule has 0 unspecified atom stereocenters. The number of nitrogens with zero attached hydrogens (tertiary/aromatic N) is 1. The largest absolute Gasteiger partial charge is 0.300 e. The number of ketones is 1. The Morgan fingerprint density at radius 3 is 2.60 bits per heavy atom. The Balaban J connectivity index is 1.61. The number of rotatable bonds is 1. The molecule has 0 atom stereocenters. The molecule has 0 aromatic heterocycles. The quantitative estimate of drug-likeness (QED) is 0.782. The summed E-state index contributed by atoms with van der Waals surface area (Å²) in [5.74, 6) is -0.00339. The van der Waals surface area contributed by atoms with Gasteiger partial charge in [-0.05, 0) is 62.5 Å². The molecule has 0 radical (unpaired) electrons. The van der Waals surface area contributed by atoms with E-state index in [1.807, 2.05) is 0 Å². The SMILES string of the molecule is O=C1CC2(CCN(C3CCC3)CC2)c2cc(F)ccc21. The lowest BCUT2D eigenvalue weighted by Gasteiger charge is -2.45. The van der Waals surface area contributed by atoms with E-state index in [4.69, 9.17) is 0 Å². The molecule has 1 aromatic rings. The van der Waals surface area contributed by atoms with Gasteiger partial charge in [-0.1, -0.05) is 6.42 Å². The maximum Gasteiger partial charge on any atom is 0.164 e. The van der Waals surface area contributed by atoms with Crippen molar-refractivity contribution in [2.24, 2.45) is 0 Å². The van der Waals surface area contributed by atoms with Crippen molar-refractivity contribution in [1.82, 2.24) is 4.90 Å². The fourth-order valence-corrected chi connectivity index (χ4v) is 4.21. The van der Waals surface area contributed by atoms with E-state index in [9.17, 15) is 9.18 Å². The summed E-state index contributed by atoms with van der Waals surface area (Å²) in [6.07, 6.45) is 6.62. The minimum atomic E-state index is -0.209. The topological polar surface area (TPSA) is 20.3 Å². The molecule has 1 aromatic carbocycles. The predicted octanol–water partition coefficient (Wildman–Crippen LogP) is 3.30. The summed E-state index contributed by atoms with van der Waals surface area (Å²) in [6, 6.07) is 5.48. The standard InChI is InChI=1S/C17H20FNO/c18-12-4-5-14-15(10-12)17(11-16(14)20)6-8-19(9-7-17)13-2-1-3-13/h4-5,10,13H,1-3,6-9,11H2. The number of fused-ring (bicyclic) bond motifs is 2. The van der Waals surface area contributed by atoms with Crippen molar-refractivity contribution in [3.05, 3.63) is 35.1 Å². The van der Waals surface area contributed by atoms with E-state index in [2.05, 4.69) is 4.90 Å². The van der Waals surface area contributed by atoms with Gasteiger partial charge < -0.3 is 4.90 Å². The zero-order chi connectivity index (χ0) is 13.7. The number of likely N-dealkylation sites (tertiary alicyclic amines) is 1. The zero-order valence-electron chi connectivity index (χ0n) is 11.7. The highest BCUT2D eigenvalue weighted by atomic mass is 19.1. The van der Waals surface area contributed by atoms with Gasteiger partial charge in [0.2, 0.25) is 0 Å². The van der Waals surface area contributed by atoms with Gasteiger partial charge in [0.05, 0.1) is 0 Å². The molecule has 2 fully saturated rings. The summed E-state index contributed by atoms with van der Waals surface area (Å²) in [7, 11) is 0. The lowest BCUT2D eigenvalue weighted by Crippen LogP contribution is -2.48. The summed E-state index contributed by atoms with van der Waals surface area (Å²) in [4.78, 5) is 14.8. The van der Waals surface area contributed by atoms with Gasteiger partial charge in [0, 0.05) is 23.4 Å². The lowest BCUT2D eigenvalue weighted by molar-refractivity contribution is 0.0688. The van der Waals surface area contributed by atoms with Gasteiger partial charge in [0.25, 0.3) is 0 Å². The smallest absolute Gasteiger partial charge is 0.164 e. The second-order valence-electron chi connectivity index (χ2n) is 6.69. The van der Waals surface area contributed by atoms with E-state index in [0.29, 0.717) is 6.42 Å². The average Bonchev–Trinajstić information content (AvgIpc) is 2.63. The van der Waals surface area contributed by atoms with Crippen molar-refractivity contribution in [3.63, 3.8) is 0 Å². The van der Waals surface area contributed by atoms with E-state index >= 15 is 0 Å². The number of piperidine rings is 1. The number of Topliss-reactive ketones (excluding diaryl/α,β-unsaturated/α-hetero) is 1. The Morgan fingerprint density at radius 2 is 1.95 bits per heavy atom. The molecule has 1 aliphatic heterocycles. The molecule has 1 spiro atoms. The van der Waals surface area contributed by atoms with E-state index in [1.54, 1.807) is 12.1 Å². The fourth-order valence-electron chi connectivity index (χ4n) is 4.21. The second-order valence-corrected chi connectivity index (χ2v) is 6.69. The Hall–Kier alpha value is -1.22. The van der Waals surface area contributed by atoms with Crippen LogP contribution in [0.15, 0.2) is 18.2 Å². The lowest BCUT2D eigenvalue weighted by atomic mass is 9.73. The van der Waals surface area contributed by atoms with Crippen LogP contribution in [0.5, 0.6) is 0 Å². The number of halogens is 1. The summed E-state index contributed by atoms with van der Waals surface area (Å²) < 4.78 is 13.6. The van der Waals surface area contributed by atoms with Crippen molar-refractivity contribution in [1.29, 1.82) is 0 Å². The van der Waals surface area contributed by atoms with Gasteiger partial charge in [0.1, 0.15) is 5.82 Å². The molecular weight excluding hydrogens is 253 g/mol. The minimum Gasteiger partial charge on any atom is -0.300 e. The molecule has 20 heavy (non-hydrogen) atoms. The van der Waals surface area contributed by atoms with Gasteiger partial charge in [0.15, 0.2) is 5.78 Å². The first-order valence-electron chi connectivity index (χ1n) is 7.75. The molecule has 106 valence electrons. The molecule has 0 amide bonds. The van der Waals surface area contributed by atoms with Crippen LogP contribution < -0.4 is 0 Å². The highest BCUT2D eigenvalue weighted by molar-refractivity contribution is 6.02. The van der Waals surface area contributed by atoms with Gasteiger partial charge in [-0.3, -0.25) is 4.79 Å². The van der Waals surface area contributed by atoms with Crippen molar-refractivity contribution >= 4 is 5.78 Å². The van der Waals surface area contributed by atoms with Crippen molar-refractivity contribution in [3.8, 4) is 0 Å². The number of hydrogen-bond donors (Lipinski definition) is 0. The maximum atomic E-state index is 13.6. The highest BCUT2D eigenvalue weighted by Gasteiger charge is 2.46. The van der Waals surface area contributed by atoms with Gasteiger partial charge >= 0.3 is 0 Å². The van der Waals surface area contributed by atoms with Crippen LogP contribution in [0.4, 0.5) is 4.39 Å². The van der Waals surface area contributed by atoms with Crippen LogP contribution in [-0.2, 0) is 5.41 Å². The van der Waals surface area contributed by atoms with Crippen molar-refractivity contribution < 1.29 is 9.18 Å². The number of carbonyl (C=O) groups is 1. The second kappa shape index (κ2) is 4.39. The van der Waals surface area contributed by atoms with Crippen LogP contribution in [0.1, 0.15) is 54.4 Å². The van der Waals surface area contributed by atoms with Gasteiger partial charge in [-0.15, -0.1) is 0 Å². The Labute approximate surface area is 119 Å². The van der Waals surface area contributed by atoms with E-state index in [0.717, 1.165) is 43.1 Å². The molecule has 1 saturated carbocycles. The van der Waals surface area contributed by atoms with E-state index < -0.39 is 0 Å². The first-order chi connectivity index (χ1) is 9.68. The molecule has 2 aliphatic carbocycles. The molecular formula is C17H20FNO. The molecule has 0 N–H and O–H groups in total. The minimum absolute atomic E-state index is 0.0746. The Bertz CT molecular complexity index is 556. The predicted molar refractivity (Wildman–Crippen MR) is 75.5 cm³/mol. The molecule has 1 saturated heterocycles. The number of carbonyl (C=O) groups excluding carboxylic acids is 1. The van der Waals surface area contributed by atoms with Crippen molar-refractivity contribution in [2.45, 2.75) is 50.0 Å². The number of benzene rings is 1. The molecule has 1 heterocycles. The third-order valence-electron chi connectivity index (χ3n) is 5.70. The highest BCUT2D eigenvalue weighted by Crippen LogP contribution is 2.47. The molecule has 0 bridgehead atoms. The van der Waals surface area contributed by atoms with Crippen LogP contribution >= 0.6 is 0 Å². The van der Waals surface area contributed by atoms with Crippen LogP contribution in [0, 0.1) is 5.82 Å². The maximum absolute atomic E-state index is 13.6. The monoisotopic (exact) mass is 273 g/mol.